The third-order valence-electron chi connectivity index (χ3n) is 1.93. The first-order valence-corrected chi connectivity index (χ1v) is 4.40. The maximum atomic E-state index is 8.98. The van der Waals surface area contributed by atoms with E-state index >= 15 is 0 Å². The largest absolute Gasteiger partial charge is 0.394 e. The summed E-state index contributed by atoms with van der Waals surface area (Å²) in [6, 6.07) is 0. The highest BCUT2D eigenvalue weighted by Gasteiger charge is 2.26. The molecule has 0 saturated carbocycles. The monoisotopic (exact) mass is 191 g/mol. The summed E-state index contributed by atoms with van der Waals surface area (Å²) in [4.78, 5) is 0. The van der Waals surface area contributed by atoms with Gasteiger partial charge in [-0.3, -0.25) is 0 Å². The van der Waals surface area contributed by atoms with Crippen molar-refractivity contribution in [1.82, 2.24) is 0 Å². The van der Waals surface area contributed by atoms with Gasteiger partial charge in [-0.05, 0) is 20.3 Å². The molecule has 13 heavy (non-hydrogen) atoms. The summed E-state index contributed by atoms with van der Waals surface area (Å²) in [5.74, 6) is 0. The van der Waals surface area contributed by atoms with Crippen molar-refractivity contribution in [3.05, 3.63) is 0 Å². The molecule has 4 nitrogen and oxygen atoms in total. The summed E-state index contributed by atoms with van der Waals surface area (Å²) in [6.45, 7) is 3.79. The van der Waals surface area contributed by atoms with E-state index in [2.05, 4.69) is 0 Å². The van der Waals surface area contributed by atoms with Crippen molar-refractivity contribution in [3.8, 4) is 0 Å². The fourth-order valence-electron chi connectivity index (χ4n) is 1.23. The van der Waals surface area contributed by atoms with Crippen LogP contribution in [0, 0.1) is 0 Å². The minimum Gasteiger partial charge on any atom is -0.394 e. The van der Waals surface area contributed by atoms with Crippen molar-refractivity contribution in [2.45, 2.75) is 38.0 Å². The normalized spacial score (nSPS) is 17.1. The van der Waals surface area contributed by atoms with Crippen LogP contribution < -0.4 is 5.73 Å². The van der Waals surface area contributed by atoms with Crippen LogP contribution in [0.5, 0.6) is 0 Å². The van der Waals surface area contributed by atoms with Crippen LogP contribution in [0.4, 0.5) is 0 Å². The molecular formula is C9H21NO3. The Balaban J connectivity index is 4.15. The lowest BCUT2D eigenvalue weighted by Gasteiger charge is -2.29. The van der Waals surface area contributed by atoms with Gasteiger partial charge in [0.1, 0.15) is 6.10 Å². The summed E-state index contributed by atoms with van der Waals surface area (Å²) in [5, 5.41) is 8.98. The maximum absolute atomic E-state index is 8.98. The molecule has 0 rings (SSSR count). The topological polar surface area (TPSA) is 64.7 Å². The Labute approximate surface area is 80.0 Å². The Hall–Kier alpha value is -0.160. The predicted molar refractivity (Wildman–Crippen MR) is 51.6 cm³/mol. The predicted octanol–water partition coefficient (Wildman–Crippen LogP) is 0.136. The zero-order chi connectivity index (χ0) is 10.5. The SMILES string of the molecule is COC(CO)C(CC(C)(C)N)OC. The Morgan fingerprint density at radius 3 is 1.92 bits per heavy atom. The van der Waals surface area contributed by atoms with E-state index in [-0.39, 0.29) is 24.4 Å². The van der Waals surface area contributed by atoms with Crippen molar-refractivity contribution < 1.29 is 14.6 Å². The molecule has 0 bridgehead atoms. The van der Waals surface area contributed by atoms with Crippen LogP contribution in [-0.4, -0.2) is 43.7 Å². The van der Waals surface area contributed by atoms with Gasteiger partial charge in [-0.15, -0.1) is 0 Å². The van der Waals surface area contributed by atoms with Crippen molar-refractivity contribution in [2.75, 3.05) is 20.8 Å². The molecule has 0 radical (unpaired) electrons. The van der Waals surface area contributed by atoms with Crippen LogP contribution >= 0.6 is 0 Å². The lowest BCUT2D eigenvalue weighted by atomic mass is 9.95. The second-order valence-corrected chi connectivity index (χ2v) is 3.92. The second-order valence-electron chi connectivity index (χ2n) is 3.92. The average molecular weight is 191 g/mol. The van der Waals surface area contributed by atoms with Gasteiger partial charge in [0.2, 0.25) is 0 Å². The summed E-state index contributed by atoms with van der Waals surface area (Å²) >= 11 is 0. The Kier molecular flexibility index (Phi) is 5.48. The van der Waals surface area contributed by atoms with Crippen LogP contribution in [0.1, 0.15) is 20.3 Å². The van der Waals surface area contributed by atoms with Gasteiger partial charge in [0, 0.05) is 19.8 Å². The summed E-state index contributed by atoms with van der Waals surface area (Å²) in [5.41, 5.74) is 5.53. The quantitative estimate of drug-likeness (QED) is 0.626. The van der Waals surface area contributed by atoms with Crippen LogP contribution in [0.3, 0.4) is 0 Å². The van der Waals surface area contributed by atoms with E-state index in [4.69, 9.17) is 20.3 Å². The molecular weight excluding hydrogens is 170 g/mol. The average Bonchev–Trinajstić information content (AvgIpc) is 2.02. The molecule has 80 valence electrons. The number of aliphatic hydroxyl groups excluding tert-OH is 1. The van der Waals surface area contributed by atoms with Crippen LogP contribution in [0.15, 0.2) is 0 Å². The van der Waals surface area contributed by atoms with Gasteiger partial charge in [0.25, 0.3) is 0 Å². The third kappa shape index (κ3) is 5.21. The third-order valence-corrected chi connectivity index (χ3v) is 1.93. The zero-order valence-electron chi connectivity index (χ0n) is 8.91. The summed E-state index contributed by atoms with van der Waals surface area (Å²) in [7, 11) is 3.15. The van der Waals surface area contributed by atoms with Crippen molar-refractivity contribution in [3.63, 3.8) is 0 Å². The smallest absolute Gasteiger partial charge is 0.106 e. The van der Waals surface area contributed by atoms with Crippen molar-refractivity contribution >= 4 is 0 Å². The number of hydrogen-bond donors (Lipinski definition) is 2. The van der Waals surface area contributed by atoms with E-state index in [1.54, 1.807) is 14.2 Å². The minimum atomic E-state index is -0.313. The Morgan fingerprint density at radius 1 is 1.23 bits per heavy atom. The standard InChI is InChI=1S/C9H21NO3/c1-9(2,10)5-7(12-3)8(6-11)13-4/h7-8,11H,5-6,10H2,1-4H3. The molecule has 0 amide bonds. The fourth-order valence-corrected chi connectivity index (χ4v) is 1.23. The molecule has 0 aliphatic carbocycles. The highest BCUT2D eigenvalue weighted by molar-refractivity contribution is 4.81. The molecule has 2 unspecified atom stereocenters. The molecule has 0 aromatic rings. The molecule has 0 spiro atoms. The van der Waals surface area contributed by atoms with Gasteiger partial charge >= 0.3 is 0 Å². The molecule has 0 fully saturated rings. The highest BCUT2D eigenvalue weighted by Crippen LogP contribution is 2.14. The molecule has 2 atom stereocenters. The molecule has 0 saturated heterocycles. The van der Waals surface area contributed by atoms with E-state index < -0.39 is 0 Å². The molecule has 0 aliphatic heterocycles. The molecule has 0 aromatic carbocycles. The molecule has 0 heterocycles. The lowest BCUT2D eigenvalue weighted by Crippen LogP contribution is -2.43. The Bertz CT molecular complexity index is 129. The van der Waals surface area contributed by atoms with E-state index in [0.29, 0.717) is 6.42 Å². The lowest BCUT2D eigenvalue weighted by molar-refractivity contribution is -0.0687. The number of methoxy groups -OCH3 is 2. The Morgan fingerprint density at radius 2 is 1.69 bits per heavy atom. The minimum absolute atomic E-state index is 0.0505. The van der Waals surface area contributed by atoms with E-state index in [0.717, 1.165) is 0 Å². The summed E-state index contributed by atoms with van der Waals surface area (Å²) in [6.07, 6.45) is 0.200. The first-order valence-electron chi connectivity index (χ1n) is 4.40. The van der Waals surface area contributed by atoms with Gasteiger partial charge in [0.05, 0.1) is 12.7 Å². The van der Waals surface area contributed by atoms with Gasteiger partial charge in [-0.25, -0.2) is 0 Å². The fraction of sp³-hybridized carbons (Fsp3) is 1.00. The maximum Gasteiger partial charge on any atom is 0.106 e. The van der Waals surface area contributed by atoms with Crippen molar-refractivity contribution in [2.24, 2.45) is 5.73 Å². The van der Waals surface area contributed by atoms with Crippen LogP contribution in [0.2, 0.25) is 0 Å². The van der Waals surface area contributed by atoms with Gasteiger partial charge in [-0.1, -0.05) is 0 Å². The molecule has 0 aromatic heterocycles. The number of ether oxygens (including phenoxy) is 2. The number of rotatable bonds is 6. The molecule has 0 aliphatic rings. The second kappa shape index (κ2) is 5.54. The van der Waals surface area contributed by atoms with Gasteiger partial charge in [-0.2, -0.15) is 0 Å². The van der Waals surface area contributed by atoms with E-state index in [1.165, 1.54) is 0 Å². The number of hydrogen-bond acceptors (Lipinski definition) is 4. The van der Waals surface area contributed by atoms with Crippen LogP contribution in [0.25, 0.3) is 0 Å². The van der Waals surface area contributed by atoms with Crippen LogP contribution in [-0.2, 0) is 9.47 Å². The van der Waals surface area contributed by atoms with Gasteiger partial charge in [0.15, 0.2) is 0 Å². The number of aliphatic hydroxyl groups is 1. The van der Waals surface area contributed by atoms with Crippen molar-refractivity contribution in [1.29, 1.82) is 0 Å². The first-order chi connectivity index (χ1) is 5.94. The first kappa shape index (κ1) is 12.8. The van der Waals surface area contributed by atoms with E-state index in [1.807, 2.05) is 13.8 Å². The molecule has 4 heteroatoms. The highest BCUT2D eigenvalue weighted by atomic mass is 16.5. The van der Waals surface area contributed by atoms with Gasteiger partial charge < -0.3 is 20.3 Å². The zero-order valence-corrected chi connectivity index (χ0v) is 8.91. The molecule has 3 N–H and O–H groups in total. The van der Waals surface area contributed by atoms with E-state index in [9.17, 15) is 0 Å². The number of nitrogens with two attached hydrogens (primary N) is 1. The summed E-state index contributed by atoms with van der Waals surface area (Å²) < 4.78 is 10.3.